The molecule has 1 aromatic carbocycles. The standard InChI is InChI=1S/C21H28N4O2/c1-14-9-10-18(17-8-6-11-22-19(14)17)24-21(27)20(26)23-13-16(3)25-12-5-4-7-15(25)2/h6,8-11,15-16H,4-5,7,12-13H2,1-3H3,(H,23,26)(H,24,27)/t15-,16-/m1/s1. The maximum atomic E-state index is 12.3. The predicted octanol–water partition coefficient (Wildman–Crippen LogP) is 2.86. The fourth-order valence-corrected chi connectivity index (χ4v) is 3.82. The topological polar surface area (TPSA) is 74.3 Å². The van der Waals surface area contributed by atoms with Crippen LogP contribution in [0.15, 0.2) is 30.5 Å². The van der Waals surface area contributed by atoms with Gasteiger partial charge in [-0.2, -0.15) is 0 Å². The second-order valence-corrected chi connectivity index (χ2v) is 7.43. The minimum Gasteiger partial charge on any atom is -0.346 e. The number of nitrogens with one attached hydrogen (secondary N) is 2. The summed E-state index contributed by atoms with van der Waals surface area (Å²) in [6.45, 7) is 7.80. The molecule has 2 aromatic rings. The first-order chi connectivity index (χ1) is 13.0. The fraction of sp³-hybridized carbons (Fsp3) is 0.476. The summed E-state index contributed by atoms with van der Waals surface area (Å²) in [5.74, 6) is -1.26. The summed E-state index contributed by atoms with van der Waals surface area (Å²) in [6.07, 6.45) is 5.36. The summed E-state index contributed by atoms with van der Waals surface area (Å²) < 4.78 is 0. The molecule has 0 spiro atoms. The number of hydrogen-bond donors (Lipinski definition) is 2. The Morgan fingerprint density at radius 1 is 1.26 bits per heavy atom. The molecule has 2 atom stereocenters. The molecule has 0 aliphatic carbocycles. The van der Waals surface area contributed by atoms with E-state index in [2.05, 4.69) is 34.4 Å². The van der Waals surface area contributed by atoms with Gasteiger partial charge in [0.1, 0.15) is 0 Å². The zero-order chi connectivity index (χ0) is 19.4. The van der Waals surface area contributed by atoms with Crippen molar-refractivity contribution < 1.29 is 9.59 Å². The molecule has 2 N–H and O–H groups in total. The number of rotatable bonds is 4. The van der Waals surface area contributed by atoms with Crippen molar-refractivity contribution >= 4 is 28.4 Å². The lowest BCUT2D eigenvalue weighted by Gasteiger charge is -2.38. The van der Waals surface area contributed by atoms with E-state index in [1.165, 1.54) is 19.3 Å². The van der Waals surface area contributed by atoms with Gasteiger partial charge >= 0.3 is 11.8 Å². The molecule has 0 saturated carbocycles. The van der Waals surface area contributed by atoms with Crippen LogP contribution in [0.3, 0.4) is 0 Å². The third kappa shape index (κ3) is 4.45. The number of nitrogens with zero attached hydrogens (tertiary/aromatic N) is 2. The average molecular weight is 368 g/mol. The number of hydrogen-bond acceptors (Lipinski definition) is 4. The van der Waals surface area contributed by atoms with Crippen LogP contribution in [0.5, 0.6) is 0 Å². The van der Waals surface area contributed by atoms with Crippen molar-refractivity contribution in [2.75, 3.05) is 18.4 Å². The molecule has 27 heavy (non-hydrogen) atoms. The second kappa shape index (κ2) is 8.48. The van der Waals surface area contributed by atoms with Crippen molar-refractivity contribution in [1.82, 2.24) is 15.2 Å². The monoisotopic (exact) mass is 368 g/mol. The number of carbonyl (C=O) groups is 2. The van der Waals surface area contributed by atoms with E-state index in [0.29, 0.717) is 18.3 Å². The molecule has 1 aliphatic rings. The summed E-state index contributed by atoms with van der Waals surface area (Å²) in [5.41, 5.74) is 2.45. The molecular formula is C21H28N4O2. The number of carbonyl (C=O) groups excluding carboxylic acids is 2. The molecule has 0 radical (unpaired) electrons. The molecule has 2 heterocycles. The SMILES string of the molecule is Cc1ccc(NC(=O)C(=O)NC[C@@H](C)N2CCCC[C@H]2C)c2cccnc12. The lowest BCUT2D eigenvalue weighted by atomic mass is 10.0. The van der Waals surface area contributed by atoms with Gasteiger partial charge in [-0.05, 0) is 63.9 Å². The number of amides is 2. The Morgan fingerprint density at radius 2 is 2.07 bits per heavy atom. The molecule has 144 valence electrons. The van der Waals surface area contributed by atoms with Crippen molar-refractivity contribution in [1.29, 1.82) is 0 Å². The Balaban J connectivity index is 1.60. The molecule has 0 bridgehead atoms. The Bertz CT molecular complexity index is 836. The molecule has 6 nitrogen and oxygen atoms in total. The maximum absolute atomic E-state index is 12.3. The third-order valence-electron chi connectivity index (χ3n) is 5.40. The van der Waals surface area contributed by atoms with Crippen LogP contribution in [0.25, 0.3) is 10.9 Å². The van der Waals surface area contributed by atoms with E-state index in [-0.39, 0.29) is 6.04 Å². The Morgan fingerprint density at radius 3 is 2.85 bits per heavy atom. The Kier molecular flexibility index (Phi) is 6.06. The van der Waals surface area contributed by atoms with Gasteiger partial charge in [-0.1, -0.05) is 12.5 Å². The number of anilines is 1. The van der Waals surface area contributed by atoms with Crippen molar-refractivity contribution in [2.24, 2.45) is 0 Å². The summed E-state index contributed by atoms with van der Waals surface area (Å²) in [7, 11) is 0. The number of aromatic nitrogens is 1. The van der Waals surface area contributed by atoms with Gasteiger partial charge in [-0.15, -0.1) is 0 Å². The number of fused-ring (bicyclic) bond motifs is 1. The molecule has 2 amide bonds. The first-order valence-electron chi connectivity index (χ1n) is 9.66. The van der Waals surface area contributed by atoms with Gasteiger partial charge in [0.05, 0.1) is 11.2 Å². The number of benzene rings is 1. The minimum atomic E-state index is -0.650. The van der Waals surface area contributed by atoms with Crippen LogP contribution in [-0.2, 0) is 9.59 Å². The molecule has 0 unspecified atom stereocenters. The zero-order valence-corrected chi connectivity index (χ0v) is 16.3. The normalized spacial score (nSPS) is 18.9. The minimum absolute atomic E-state index is 0.210. The molecular weight excluding hydrogens is 340 g/mol. The number of aryl methyl sites for hydroxylation is 1. The third-order valence-corrected chi connectivity index (χ3v) is 5.40. The lowest BCUT2D eigenvalue weighted by molar-refractivity contribution is -0.136. The van der Waals surface area contributed by atoms with E-state index in [9.17, 15) is 9.59 Å². The van der Waals surface area contributed by atoms with E-state index in [1.807, 2.05) is 31.2 Å². The highest BCUT2D eigenvalue weighted by molar-refractivity contribution is 6.40. The van der Waals surface area contributed by atoms with E-state index in [1.54, 1.807) is 6.20 Å². The van der Waals surface area contributed by atoms with Crippen LogP contribution < -0.4 is 10.6 Å². The number of piperidine rings is 1. The molecule has 1 saturated heterocycles. The lowest BCUT2D eigenvalue weighted by Crippen LogP contribution is -2.49. The van der Waals surface area contributed by atoms with Crippen molar-refractivity contribution in [3.63, 3.8) is 0 Å². The Hall–Kier alpha value is -2.47. The van der Waals surface area contributed by atoms with Crippen LogP contribution in [0.2, 0.25) is 0 Å². The molecule has 6 heteroatoms. The van der Waals surface area contributed by atoms with Crippen LogP contribution >= 0.6 is 0 Å². The molecule has 1 aliphatic heterocycles. The smallest absolute Gasteiger partial charge is 0.313 e. The quantitative estimate of drug-likeness (QED) is 0.814. The van der Waals surface area contributed by atoms with E-state index >= 15 is 0 Å². The average Bonchev–Trinajstić information content (AvgIpc) is 2.68. The van der Waals surface area contributed by atoms with E-state index in [0.717, 1.165) is 23.0 Å². The summed E-state index contributed by atoms with van der Waals surface area (Å²) in [4.78, 5) is 31.4. The van der Waals surface area contributed by atoms with Gasteiger partial charge in [-0.3, -0.25) is 19.5 Å². The first kappa shape index (κ1) is 19.3. The summed E-state index contributed by atoms with van der Waals surface area (Å²) in [5, 5.41) is 6.32. The number of likely N-dealkylation sites (tertiary alicyclic amines) is 1. The van der Waals surface area contributed by atoms with Gasteiger partial charge in [0.25, 0.3) is 0 Å². The van der Waals surface area contributed by atoms with Gasteiger partial charge in [0, 0.05) is 30.2 Å². The highest BCUT2D eigenvalue weighted by Gasteiger charge is 2.24. The largest absolute Gasteiger partial charge is 0.346 e. The van der Waals surface area contributed by atoms with Crippen molar-refractivity contribution in [3.8, 4) is 0 Å². The zero-order valence-electron chi connectivity index (χ0n) is 16.3. The van der Waals surface area contributed by atoms with Gasteiger partial charge < -0.3 is 10.6 Å². The summed E-state index contributed by atoms with van der Waals surface area (Å²) in [6, 6.07) is 8.14. The summed E-state index contributed by atoms with van der Waals surface area (Å²) >= 11 is 0. The molecule has 1 fully saturated rings. The van der Waals surface area contributed by atoms with Crippen LogP contribution in [-0.4, -0.2) is 46.9 Å². The fourth-order valence-electron chi connectivity index (χ4n) is 3.82. The van der Waals surface area contributed by atoms with Crippen molar-refractivity contribution in [2.45, 2.75) is 52.1 Å². The highest BCUT2D eigenvalue weighted by atomic mass is 16.2. The van der Waals surface area contributed by atoms with Crippen LogP contribution in [0.1, 0.15) is 38.7 Å². The van der Waals surface area contributed by atoms with Gasteiger partial charge in [0.2, 0.25) is 0 Å². The van der Waals surface area contributed by atoms with Crippen LogP contribution in [0.4, 0.5) is 5.69 Å². The Labute approximate surface area is 160 Å². The molecule has 3 rings (SSSR count). The van der Waals surface area contributed by atoms with Crippen molar-refractivity contribution in [3.05, 3.63) is 36.0 Å². The van der Waals surface area contributed by atoms with E-state index in [4.69, 9.17) is 0 Å². The predicted molar refractivity (Wildman–Crippen MR) is 108 cm³/mol. The van der Waals surface area contributed by atoms with Gasteiger partial charge in [0.15, 0.2) is 0 Å². The number of pyridine rings is 1. The first-order valence-corrected chi connectivity index (χ1v) is 9.66. The highest BCUT2D eigenvalue weighted by Crippen LogP contribution is 2.24. The maximum Gasteiger partial charge on any atom is 0.313 e. The van der Waals surface area contributed by atoms with Gasteiger partial charge in [-0.25, -0.2) is 0 Å². The van der Waals surface area contributed by atoms with E-state index < -0.39 is 11.8 Å². The second-order valence-electron chi connectivity index (χ2n) is 7.43. The van der Waals surface area contributed by atoms with Crippen LogP contribution in [0, 0.1) is 6.92 Å². The molecule has 1 aromatic heterocycles.